The highest BCUT2D eigenvalue weighted by Crippen LogP contribution is 2.28. The zero-order valence-electron chi connectivity index (χ0n) is 18.7. The first-order valence-corrected chi connectivity index (χ1v) is 10.7. The van der Waals surface area contributed by atoms with Crippen molar-refractivity contribution in [2.75, 3.05) is 53.6 Å². The van der Waals surface area contributed by atoms with Gasteiger partial charge in [-0.05, 0) is 51.3 Å². The molecule has 1 aliphatic heterocycles. The van der Waals surface area contributed by atoms with Gasteiger partial charge in [-0.15, -0.1) is 0 Å². The molecule has 0 aromatic heterocycles. The first kappa shape index (κ1) is 23.3. The van der Waals surface area contributed by atoms with Crippen molar-refractivity contribution in [1.82, 2.24) is 15.5 Å². The molecule has 7 nitrogen and oxygen atoms in total. The molecule has 0 spiro atoms. The minimum Gasteiger partial charge on any atom is -0.493 e. The molecule has 1 fully saturated rings. The number of aliphatic imine (C=N–C) groups is 1. The fraction of sp³-hybridized carbons (Fsp3) is 0.682. The van der Waals surface area contributed by atoms with Gasteiger partial charge in [0.15, 0.2) is 17.5 Å². The predicted molar refractivity (Wildman–Crippen MR) is 118 cm³/mol. The number of nitrogens with one attached hydrogen (secondary N) is 2. The van der Waals surface area contributed by atoms with Crippen LogP contribution in [0.15, 0.2) is 23.2 Å². The van der Waals surface area contributed by atoms with E-state index in [1.54, 1.807) is 7.11 Å². The highest BCUT2D eigenvalue weighted by molar-refractivity contribution is 5.79. The van der Waals surface area contributed by atoms with E-state index < -0.39 is 0 Å². The Kier molecular flexibility index (Phi) is 10.1. The molecule has 29 heavy (non-hydrogen) atoms. The van der Waals surface area contributed by atoms with Crippen LogP contribution < -0.4 is 20.1 Å². The summed E-state index contributed by atoms with van der Waals surface area (Å²) < 4.78 is 16.5. The number of morpholine rings is 1. The summed E-state index contributed by atoms with van der Waals surface area (Å²) in [7, 11) is 3.48. The zero-order chi connectivity index (χ0) is 21.1. The van der Waals surface area contributed by atoms with E-state index in [2.05, 4.69) is 46.5 Å². The Labute approximate surface area is 175 Å². The molecule has 1 heterocycles. The molecule has 0 radical (unpaired) electrons. The Bertz CT molecular complexity index is 638. The highest BCUT2D eigenvalue weighted by Gasteiger charge is 2.23. The van der Waals surface area contributed by atoms with Gasteiger partial charge in [0.2, 0.25) is 0 Å². The average Bonchev–Trinajstić information content (AvgIpc) is 2.73. The van der Waals surface area contributed by atoms with Gasteiger partial charge in [-0.3, -0.25) is 9.89 Å². The molecule has 2 N–H and O–H groups in total. The third-order valence-electron chi connectivity index (χ3n) is 5.24. The Balaban J connectivity index is 1.72. The smallest absolute Gasteiger partial charge is 0.191 e. The molecule has 0 bridgehead atoms. The summed E-state index contributed by atoms with van der Waals surface area (Å²) in [6.07, 6.45) is 1.98. The lowest BCUT2D eigenvalue weighted by atomic mass is 10.1. The van der Waals surface area contributed by atoms with Gasteiger partial charge in [0.05, 0.1) is 26.9 Å². The molecule has 1 aromatic rings. The molecular weight excluding hydrogens is 368 g/mol. The third-order valence-corrected chi connectivity index (χ3v) is 5.24. The largest absolute Gasteiger partial charge is 0.493 e. The summed E-state index contributed by atoms with van der Waals surface area (Å²) in [4.78, 5) is 6.83. The van der Waals surface area contributed by atoms with E-state index in [1.165, 1.54) is 5.56 Å². The molecule has 0 saturated carbocycles. The number of aryl methyl sites for hydroxylation is 1. The third kappa shape index (κ3) is 7.40. The van der Waals surface area contributed by atoms with Crippen LogP contribution in [0.2, 0.25) is 0 Å². The lowest BCUT2D eigenvalue weighted by molar-refractivity contribution is -0.0174. The quantitative estimate of drug-likeness (QED) is 0.353. The molecule has 2 rings (SSSR count). The summed E-state index contributed by atoms with van der Waals surface area (Å²) in [6, 6.07) is 7.04. The van der Waals surface area contributed by atoms with Crippen LogP contribution in [0.4, 0.5) is 0 Å². The van der Waals surface area contributed by atoms with E-state index in [-0.39, 0.29) is 0 Å². The lowest BCUT2D eigenvalue weighted by Crippen LogP contribution is -2.53. The number of hydrogen-bond acceptors (Lipinski definition) is 5. The summed E-state index contributed by atoms with van der Waals surface area (Å²) >= 11 is 0. The maximum absolute atomic E-state index is 5.66. The van der Waals surface area contributed by atoms with Crippen LogP contribution in [-0.4, -0.2) is 76.6 Å². The second kappa shape index (κ2) is 12.5. The van der Waals surface area contributed by atoms with Gasteiger partial charge >= 0.3 is 0 Å². The van der Waals surface area contributed by atoms with Crippen molar-refractivity contribution < 1.29 is 14.2 Å². The van der Waals surface area contributed by atoms with Gasteiger partial charge in [0.1, 0.15) is 0 Å². The lowest BCUT2D eigenvalue weighted by Gasteiger charge is -2.38. The monoisotopic (exact) mass is 406 g/mol. The topological polar surface area (TPSA) is 67.4 Å². The van der Waals surface area contributed by atoms with Gasteiger partial charge in [-0.25, -0.2) is 0 Å². The predicted octanol–water partition coefficient (Wildman–Crippen LogP) is 2.30. The first-order valence-electron chi connectivity index (χ1n) is 10.7. The summed E-state index contributed by atoms with van der Waals surface area (Å²) in [5.74, 6) is 2.44. The van der Waals surface area contributed by atoms with E-state index in [0.29, 0.717) is 18.7 Å². The summed E-state index contributed by atoms with van der Waals surface area (Å²) in [5.41, 5.74) is 1.24. The molecule has 1 saturated heterocycles. The van der Waals surface area contributed by atoms with Crippen molar-refractivity contribution in [3.63, 3.8) is 0 Å². The summed E-state index contributed by atoms with van der Waals surface area (Å²) in [6.45, 7) is 11.4. The van der Waals surface area contributed by atoms with Crippen LogP contribution in [0.25, 0.3) is 0 Å². The number of benzene rings is 1. The van der Waals surface area contributed by atoms with Gasteiger partial charge in [-0.1, -0.05) is 6.07 Å². The van der Waals surface area contributed by atoms with E-state index >= 15 is 0 Å². The fourth-order valence-electron chi connectivity index (χ4n) is 3.62. The van der Waals surface area contributed by atoms with Gasteiger partial charge < -0.3 is 24.8 Å². The number of rotatable bonds is 10. The molecule has 0 aliphatic carbocycles. The van der Waals surface area contributed by atoms with Gasteiger partial charge in [-0.2, -0.15) is 0 Å². The minimum absolute atomic E-state index is 0.434. The molecule has 0 amide bonds. The first-order chi connectivity index (χ1) is 14.1. The molecular formula is C22H38N4O3. The Morgan fingerprint density at radius 2 is 2.17 bits per heavy atom. The van der Waals surface area contributed by atoms with Crippen molar-refractivity contribution in [1.29, 1.82) is 0 Å². The van der Waals surface area contributed by atoms with E-state index in [4.69, 9.17) is 14.2 Å². The van der Waals surface area contributed by atoms with Crippen molar-refractivity contribution in [3.8, 4) is 11.5 Å². The maximum Gasteiger partial charge on any atom is 0.191 e. The zero-order valence-corrected chi connectivity index (χ0v) is 18.7. The molecule has 2 atom stereocenters. The van der Waals surface area contributed by atoms with Crippen LogP contribution in [0, 0.1) is 0 Å². The second-order valence-electron chi connectivity index (χ2n) is 7.41. The SMILES string of the molecule is CCOc1cc(CCCNC(=NC)NCC(C)N2CCOCC2C)ccc1OC. The normalized spacial score (nSPS) is 18.9. The Morgan fingerprint density at radius 1 is 1.34 bits per heavy atom. The number of guanidine groups is 1. The molecule has 2 unspecified atom stereocenters. The van der Waals surface area contributed by atoms with E-state index in [1.807, 2.05) is 20.0 Å². The van der Waals surface area contributed by atoms with Gasteiger partial charge in [0, 0.05) is 38.8 Å². The second-order valence-corrected chi connectivity index (χ2v) is 7.41. The van der Waals surface area contributed by atoms with Crippen LogP contribution in [0.5, 0.6) is 11.5 Å². The fourth-order valence-corrected chi connectivity index (χ4v) is 3.62. The number of methoxy groups -OCH3 is 1. The van der Waals surface area contributed by atoms with E-state index in [9.17, 15) is 0 Å². The van der Waals surface area contributed by atoms with E-state index in [0.717, 1.165) is 63.1 Å². The van der Waals surface area contributed by atoms with Crippen LogP contribution in [0.1, 0.15) is 32.8 Å². The molecule has 7 heteroatoms. The Hall–Kier alpha value is -1.99. The molecule has 164 valence electrons. The molecule has 1 aliphatic rings. The van der Waals surface area contributed by atoms with Crippen LogP contribution >= 0.6 is 0 Å². The Morgan fingerprint density at radius 3 is 2.86 bits per heavy atom. The van der Waals surface area contributed by atoms with Crippen LogP contribution in [-0.2, 0) is 11.2 Å². The maximum atomic E-state index is 5.66. The van der Waals surface area contributed by atoms with Crippen molar-refractivity contribution >= 4 is 5.96 Å². The minimum atomic E-state index is 0.434. The number of hydrogen-bond donors (Lipinski definition) is 2. The number of ether oxygens (including phenoxy) is 3. The number of nitrogens with zero attached hydrogens (tertiary/aromatic N) is 2. The van der Waals surface area contributed by atoms with Crippen molar-refractivity contribution in [3.05, 3.63) is 23.8 Å². The van der Waals surface area contributed by atoms with Crippen molar-refractivity contribution in [2.45, 2.75) is 45.7 Å². The van der Waals surface area contributed by atoms with Gasteiger partial charge in [0.25, 0.3) is 0 Å². The van der Waals surface area contributed by atoms with Crippen LogP contribution in [0.3, 0.4) is 0 Å². The highest BCUT2D eigenvalue weighted by atomic mass is 16.5. The summed E-state index contributed by atoms with van der Waals surface area (Å²) in [5, 5.41) is 6.86. The van der Waals surface area contributed by atoms with Crippen molar-refractivity contribution in [2.24, 2.45) is 4.99 Å². The standard InChI is InChI=1S/C22H38N4O3/c1-6-29-21-14-19(9-10-20(21)27-5)8-7-11-24-22(23-4)25-15-17(2)26-12-13-28-16-18(26)3/h9-10,14,17-18H,6-8,11-13,15-16H2,1-5H3,(H2,23,24,25). The average molecular weight is 407 g/mol. The molecule has 1 aromatic carbocycles.